The van der Waals surface area contributed by atoms with Crippen molar-refractivity contribution in [2.24, 2.45) is 0 Å². The molecule has 0 bridgehead atoms. The normalized spacial score (nSPS) is 13.7. The second-order valence-corrected chi connectivity index (χ2v) is 5.01. The molecule has 0 atom stereocenters. The van der Waals surface area contributed by atoms with Crippen LogP contribution >= 0.6 is 0 Å². The smallest absolute Gasteiger partial charge is 0.277 e. The number of carbonyl (C=O) groups is 1. The number of hydrogen-bond donors (Lipinski definition) is 2. The van der Waals surface area contributed by atoms with Crippen LogP contribution in [0.1, 0.15) is 16.1 Å². The average molecular weight is 303 g/mol. The number of aromatic hydroxyl groups is 1. The highest BCUT2D eigenvalue weighted by atomic mass is 19.1. The highest BCUT2D eigenvalue weighted by Crippen LogP contribution is 2.17. The van der Waals surface area contributed by atoms with Crippen molar-refractivity contribution in [3.05, 3.63) is 63.8 Å². The monoisotopic (exact) mass is 303 g/mol. The van der Waals surface area contributed by atoms with E-state index in [2.05, 4.69) is 5.43 Å². The van der Waals surface area contributed by atoms with Crippen molar-refractivity contribution in [3.63, 3.8) is 0 Å². The lowest BCUT2D eigenvalue weighted by atomic mass is 10.1. The van der Waals surface area contributed by atoms with Crippen LogP contribution in [0.2, 0.25) is 0 Å². The van der Waals surface area contributed by atoms with Gasteiger partial charge in [-0.2, -0.15) is 0 Å². The van der Waals surface area contributed by atoms with Crippen LogP contribution in [0.25, 0.3) is 0 Å². The zero-order valence-electron chi connectivity index (χ0n) is 11.6. The van der Waals surface area contributed by atoms with E-state index in [0.717, 1.165) is 5.56 Å². The molecule has 0 saturated carbocycles. The quantitative estimate of drug-likeness (QED) is 0.883. The molecular formula is C15H14FN3O3. The van der Waals surface area contributed by atoms with Gasteiger partial charge in [0.15, 0.2) is 11.4 Å². The number of amides is 1. The van der Waals surface area contributed by atoms with E-state index in [4.69, 9.17) is 0 Å². The Morgan fingerprint density at radius 1 is 1.18 bits per heavy atom. The van der Waals surface area contributed by atoms with Gasteiger partial charge in [0.05, 0.1) is 0 Å². The molecule has 0 fully saturated rings. The van der Waals surface area contributed by atoms with Gasteiger partial charge >= 0.3 is 0 Å². The van der Waals surface area contributed by atoms with Gasteiger partial charge in [-0.1, -0.05) is 12.1 Å². The summed E-state index contributed by atoms with van der Waals surface area (Å²) in [6.45, 7) is 0.648. The molecule has 1 aliphatic heterocycles. The van der Waals surface area contributed by atoms with Crippen LogP contribution in [0.3, 0.4) is 0 Å². The summed E-state index contributed by atoms with van der Waals surface area (Å²) in [6, 6.07) is 7.24. The fraction of sp³-hybridized carbons (Fsp3) is 0.200. The Bertz CT molecular complexity index is 771. The molecule has 2 heterocycles. The molecule has 1 aliphatic rings. The van der Waals surface area contributed by atoms with Gasteiger partial charge in [0, 0.05) is 18.8 Å². The molecule has 0 saturated heterocycles. The van der Waals surface area contributed by atoms with Gasteiger partial charge in [-0.25, -0.2) is 4.39 Å². The molecular weight excluding hydrogens is 289 g/mol. The SMILES string of the molecule is O=C1c2c(O)c(=O)ccn2NCN1CCc1ccc(F)cc1. The first kappa shape index (κ1) is 14.1. The Kier molecular flexibility index (Phi) is 3.54. The third-order valence-corrected chi connectivity index (χ3v) is 3.58. The van der Waals surface area contributed by atoms with E-state index in [1.807, 2.05) is 0 Å². The number of aromatic nitrogens is 1. The minimum atomic E-state index is -0.596. The maximum Gasteiger partial charge on any atom is 0.277 e. The molecule has 0 aliphatic carbocycles. The van der Waals surface area contributed by atoms with E-state index in [1.165, 1.54) is 34.0 Å². The maximum absolute atomic E-state index is 12.9. The second-order valence-electron chi connectivity index (χ2n) is 5.01. The van der Waals surface area contributed by atoms with Gasteiger partial charge in [-0.3, -0.25) is 14.3 Å². The van der Waals surface area contributed by atoms with E-state index < -0.39 is 17.1 Å². The number of nitrogens with one attached hydrogen (secondary N) is 1. The Labute approximate surface area is 125 Å². The Morgan fingerprint density at radius 3 is 2.64 bits per heavy atom. The van der Waals surface area contributed by atoms with Crippen molar-refractivity contribution in [2.45, 2.75) is 6.42 Å². The summed E-state index contributed by atoms with van der Waals surface area (Å²) < 4.78 is 14.2. The summed E-state index contributed by atoms with van der Waals surface area (Å²) in [7, 11) is 0. The highest BCUT2D eigenvalue weighted by molar-refractivity contribution is 5.96. The lowest BCUT2D eigenvalue weighted by Gasteiger charge is -2.31. The molecule has 2 aromatic rings. The summed E-state index contributed by atoms with van der Waals surface area (Å²) in [5.41, 5.74) is 3.15. The average Bonchev–Trinajstić information content (AvgIpc) is 2.52. The molecule has 0 unspecified atom stereocenters. The van der Waals surface area contributed by atoms with E-state index in [1.54, 1.807) is 12.1 Å². The summed E-state index contributed by atoms with van der Waals surface area (Å²) in [5.74, 6) is -1.29. The predicted octanol–water partition coefficient (Wildman–Crippen LogP) is 0.892. The summed E-state index contributed by atoms with van der Waals surface area (Å²) in [6.07, 6.45) is 1.96. The molecule has 1 aromatic carbocycles. The van der Waals surface area contributed by atoms with Gasteiger partial charge in [-0.15, -0.1) is 0 Å². The van der Waals surface area contributed by atoms with Crippen LogP contribution in [-0.2, 0) is 6.42 Å². The molecule has 22 heavy (non-hydrogen) atoms. The van der Waals surface area contributed by atoms with Crippen molar-refractivity contribution in [3.8, 4) is 5.75 Å². The van der Waals surface area contributed by atoms with E-state index in [-0.39, 0.29) is 18.2 Å². The molecule has 0 spiro atoms. The van der Waals surface area contributed by atoms with Gasteiger partial charge in [0.1, 0.15) is 12.5 Å². The van der Waals surface area contributed by atoms with E-state index in [0.29, 0.717) is 13.0 Å². The van der Waals surface area contributed by atoms with Gasteiger partial charge in [0.2, 0.25) is 5.43 Å². The van der Waals surface area contributed by atoms with E-state index >= 15 is 0 Å². The molecule has 7 heteroatoms. The van der Waals surface area contributed by atoms with Crippen LogP contribution < -0.4 is 10.9 Å². The van der Waals surface area contributed by atoms with Crippen molar-refractivity contribution in [1.82, 2.24) is 9.58 Å². The Morgan fingerprint density at radius 2 is 1.91 bits per heavy atom. The van der Waals surface area contributed by atoms with Crippen LogP contribution in [0.15, 0.2) is 41.3 Å². The summed E-state index contributed by atoms with van der Waals surface area (Å²) in [4.78, 5) is 25.3. The van der Waals surface area contributed by atoms with Crippen molar-refractivity contribution in [2.75, 3.05) is 18.6 Å². The maximum atomic E-state index is 12.9. The third-order valence-electron chi connectivity index (χ3n) is 3.58. The van der Waals surface area contributed by atoms with Gasteiger partial charge in [-0.05, 0) is 24.1 Å². The molecule has 0 radical (unpaired) electrons. The predicted molar refractivity (Wildman–Crippen MR) is 77.7 cm³/mol. The highest BCUT2D eigenvalue weighted by Gasteiger charge is 2.27. The van der Waals surface area contributed by atoms with Crippen LogP contribution in [0.5, 0.6) is 5.75 Å². The lowest BCUT2D eigenvalue weighted by molar-refractivity contribution is 0.0724. The van der Waals surface area contributed by atoms with E-state index in [9.17, 15) is 19.1 Å². The number of benzene rings is 1. The zero-order chi connectivity index (χ0) is 15.7. The standard InChI is InChI=1S/C15H14FN3O3/c16-11-3-1-10(2-4-11)5-7-18-9-17-19-8-6-12(20)14(21)13(19)15(18)22/h1-4,6,8,17,21H,5,7,9H2. The van der Waals surface area contributed by atoms with Crippen molar-refractivity contribution >= 4 is 5.91 Å². The zero-order valence-corrected chi connectivity index (χ0v) is 11.6. The fourth-order valence-electron chi connectivity index (χ4n) is 2.34. The third kappa shape index (κ3) is 2.52. The molecule has 114 valence electrons. The topological polar surface area (TPSA) is 74.6 Å². The lowest BCUT2D eigenvalue weighted by Crippen LogP contribution is -2.47. The van der Waals surface area contributed by atoms with Gasteiger partial charge < -0.3 is 15.4 Å². The van der Waals surface area contributed by atoms with Crippen LogP contribution in [-0.4, -0.2) is 33.8 Å². The van der Waals surface area contributed by atoms with Crippen molar-refractivity contribution < 1.29 is 14.3 Å². The summed E-state index contributed by atoms with van der Waals surface area (Å²) >= 11 is 0. The summed E-state index contributed by atoms with van der Waals surface area (Å²) in [5, 5.41) is 9.78. The minimum Gasteiger partial charge on any atom is -0.502 e. The first-order valence-corrected chi connectivity index (χ1v) is 6.78. The first-order valence-electron chi connectivity index (χ1n) is 6.78. The van der Waals surface area contributed by atoms with Gasteiger partial charge in [0.25, 0.3) is 5.91 Å². The number of rotatable bonds is 3. The molecule has 2 N–H and O–H groups in total. The number of pyridine rings is 1. The molecule has 1 amide bonds. The number of hydrogen-bond acceptors (Lipinski definition) is 4. The first-order chi connectivity index (χ1) is 10.6. The van der Waals surface area contributed by atoms with Crippen molar-refractivity contribution in [1.29, 1.82) is 0 Å². The number of halogens is 1. The molecule has 1 aromatic heterocycles. The number of carbonyl (C=O) groups excluding carboxylic acids is 1. The number of fused-ring (bicyclic) bond motifs is 1. The second kappa shape index (κ2) is 5.51. The Hall–Kier alpha value is -2.83. The minimum absolute atomic E-state index is 0.0714. The number of nitrogens with zero attached hydrogens (tertiary/aromatic N) is 2. The molecule has 3 rings (SSSR count). The Balaban J connectivity index is 1.77. The van der Waals surface area contributed by atoms with Crippen LogP contribution in [0.4, 0.5) is 4.39 Å². The van der Waals surface area contributed by atoms with Crippen LogP contribution in [0, 0.1) is 5.82 Å². The molecule has 6 nitrogen and oxygen atoms in total. The largest absolute Gasteiger partial charge is 0.502 e. The fourth-order valence-corrected chi connectivity index (χ4v) is 2.34.